The van der Waals surface area contributed by atoms with Gasteiger partial charge in [0.05, 0.1) is 13.5 Å². The molecule has 2 nitrogen and oxygen atoms in total. The molecule has 1 saturated heterocycles. The molecule has 1 aromatic rings. The first-order chi connectivity index (χ1) is 11.6. The topological polar surface area (TPSA) is 37.3 Å². The van der Waals surface area contributed by atoms with Crippen LogP contribution >= 0.6 is 0 Å². The molecule has 0 spiro atoms. The van der Waals surface area contributed by atoms with Crippen LogP contribution in [0.3, 0.4) is 0 Å². The van der Waals surface area contributed by atoms with Crippen LogP contribution in [0, 0.1) is 11.3 Å². The standard InChI is InChI=1S/C21H32O2Si/c1-2-15-24(19-9-5-3-6-10-19)16-11-18(12-17-24)21(20(22)23)13-7-4-8-14-21/h3,5-6,9-10,18H,2,4,7-8,11-17H2,1H3,(H,22,23). The van der Waals surface area contributed by atoms with E-state index in [1.54, 1.807) is 5.19 Å². The van der Waals surface area contributed by atoms with Crippen molar-refractivity contribution in [2.75, 3.05) is 0 Å². The van der Waals surface area contributed by atoms with Gasteiger partial charge in [0.15, 0.2) is 0 Å². The van der Waals surface area contributed by atoms with E-state index in [0.717, 1.165) is 38.5 Å². The molecule has 3 heteroatoms. The molecule has 0 unspecified atom stereocenters. The molecular formula is C21H32O2Si. The van der Waals surface area contributed by atoms with E-state index in [4.69, 9.17) is 0 Å². The van der Waals surface area contributed by atoms with Crippen LogP contribution < -0.4 is 5.19 Å². The highest BCUT2D eigenvalue weighted by Gasteiger charge is 2.50. The van der Waals surface area contributed by atoms with E-state index >= 15 is 0 Å². The second-order valence-electron chi connectivity index (χ2n) is 8.19. The van der Waals surface area contributed by atoms with E-state index in [-0.39, 0.29) is 0 Å². The molecule has 1 N–H and O–H groups in total. The average molecular weight is 345 g/mol. The molecule has 1 aromatic carbocycles. The Morgan fingerprint density at radius 2 is 1.75 bits per heavy atom. The van der Waals surface area contributed by atoms with Gasteiger partial charge in [0.25, 0.3) is 0 Å². The minimum Gasteiger partial charge on any atom is -0.481 e. The number of hydrogen-bond acceptors (Lipinski definition) is 1. The molecule has 0 radical (unpaired) electrons. The number of carboxylic acids is 1. The molecule has 2 fully saturated rings. The quantitative estimate of drug-likeness (QED) is 0.746. The van der Waals surface area contributed by atoms with Gasteiger partial charge in [-0.15, -0.1) is 0 Å². The van der Waals surface area contributed by atoms with Crippen LogP contribution in [0.5, 0.6) is 0 Å². The molecule has 132 valence electrons. The van der Waals surface area contributed by atoms with Gasteiger partial charge in [-0.2, -0.15) is 0 Å². The molecule has 2 aliphatic rings. The highest BCUT2D eigenvalue weighted by molar-refractivity contribution is 6.92. The van der Waals surface area contributed by atoms with Crippen LogP contribution in [0.2, 0.25) is 18.1 Å². The summed E-state index contributed by atoms with van der Waals surface area (Å²) >= 11 is 0. The van der Waals surface area contributed by atoms with Gasteiger partial charge in [0.1, 0.15) is 0 Å². The van der Waals surface area contributed by atoms with Crippen molar-refractivity contribution in [1.82, 2.24) is 0 Å². The summed E-state index contributed by atoms with van der Waals surface area (Å²) < 4.78 is 0. The molecule has 1 aliphatic heterocycles. The van der Waals surface area contributed by atoms with Gasteiger partial charge >= 0.3 is 5.97 Å². The Morgan fingerprint density at radius 1 is 1.12 bits per heavy atom. The van der Waals surface area contributed by atoms with E-state index in [2.05, 4.69) is 37.3 Å². The van der Waals surface area contributed by atoms with E-state index in [0.29, 0.717) is 5.92 Å². The molecule has 0 atom stereocenters. The fraction of sp³-hybridized carbons (Fsp3) is 0.667. The summed E-state index contributed by atoms with van der Waals surface area (Å²) in [6.07, 6.45) is 8.83. The third-order valence-corrected chi connectivity index (χ3v) is 12.5. The fourth-order valence-electron chi connectivity index (χ4n) is 5.66. The third-order valence-electron chi connectivity index (χ3n) is 7.01. The minimum absolute atomic E-state index is 0.401. The number of carboxylic acid groups (broad SMARTS) is 1. The Hall–Kier alpha value is -1.09. The first kappa shape index (κ1) is 17.7. The lowest BCUT2D eigenvalue weighted by molar-refractivity contribution is -0.156. The Bertz CT molecular complexity index is 540. The summed E-state index contributed by atoms with van der Waals surface area (Å²) in [5.74, 6) is -0.0898. The van der Waals surface area contributed by atoms with Crippen LogP contribution in [0.25, 0.3) is 0 Å². The molecule has 24 heavy (non-hydrogen) atoms. The van der Waals surface area contributed by atoms with Crippen molar-refractivity contribution in [3.63, 3.8) is 0 Å². The molecule has 0 amide bonds. The van der Waals surface area contributed by atoms with Crippen LogP contribution in [-0.2, 0) is 4.79 Å². The summed E-state index contributed by atoms with van der Waals surface area (Å²) in [5.41, 5.74) is -0.401. The number of aliphatic carboxylic acids is 1. The van der Waals surface area contributed by atoms with Crippen LogP contribution in [0.15, 0.2) is 30.3 Å². The van der Waals surface area contributed by atoms with Gasteiger partial charge in [-0.05, 0) is 18.8 Å². The number of hydrogen-bond donors (Lipinski definition) is 1. The van der Waals surface area contributed by atoms with Crippen LogP contribution in [0.1, 0.15) is 58.3 Å². The Labute approximate surface area is 147 Å². The normalized spacial score (nSPS) is 30.0. The zero-order valence-electron chi connectivity index (χ0n) is 15.1. The van der Waals surface area contributed by atoms with Crippen LogP contribution in [-0.4, -0.2) is 19.1 Å². The maximum atomic E-state index is 12.1. The molecule has 1 aliphatic carbocycles. The van der Waals surface area contributed by atoms with Crippen molar-refractivity contribution in [2.24, 2.45) is 11.3 Å². The molecule has 0 aromatic heterocycles. The van der Waals surface area contributed by atoms with Crippen molar-refractivity contribution < 1.29 is 9.90 Å². The number of rotatable bonds is 5. The van der Waals surface area contributed by atoms with Crippen molar-refractivity contribution >= 4 is 19.2 Å². The largest absolute Gasteiger partial charge is 0.481 e. The van der Waals surface area contributed by atoms with Crippen molar-refractivity contribution in [1.29, 1.82) is 0 Å². The van der Waals surface area contributed by atoms with Crippen molar-refractivity contribution in [3.8, 4) is 0 Å². The molecular weight excluding hydrogens is 312 g/mol. The van der Waals surface area contributed by atoms with Crippen molar-refractivity contribution in [3.05, 3.63) is 30.3 Å². The molecule has 1 heterocycles. The van der Waals surface area contributed by atoms with Gasteiger partial charge in [0, 0.05) is 0 Å². The SMILES string of the molecule is CCC[Si]1(c2ccccc2)CCC(C2(C(=O)O)CCCCC2)CC1. The number of carbonyl (C=O) groups is 1. The second-order valence-corrected chi connectivity index (χ2v) is 12.8. The van der Waals surface area contributed by atoms with Gasteiger partial charge in [-0.1, -0.05) is 99.1 Å². The summed E-state index contributed by atoms with van der Waals surface area (Å²) in [6, 6.07) is 15.1. The van der Waals surface area contributed by atoms with Gasteiger partial charge in [-0.25, -0.2) is 0 Å². The summed E-state index contributed by atoms with van der Waals surface area (Å²) in [7, 11) is -1.42. The maximum Gasteiger partial charge on any atom is 0.309 e. The second kappa shape index (κ2) is 7.43. The lowest BCUT2D eigenvalue weighted by atomic mass is 9.64. The first-order valence-electron chi connectivity index (χ1n) is 9.92. The average Bonchev–Trinajstić information content (AvgIpc) is 2.64. The first-order valence-corrected chi connectivity index (χ1v) is 12.5. The monoisotopic (exact) mass is 344 g/mol. The molecule has 3 rings (SSSR count). The maximum absolute atomic E-state index is 12.1. The van der Waals surface area contributed by atoms with E-state index < -0.39 is 19.5 Å². The van der Waals surface area contributed by atoms with Crippen LogP contribution in [0.4, 0.5) is 0 Å². The zero-order valence-corrected chi connectivity index (χ0v) is 16.1. The van der Waals surface area contributed by atoms with E-state index in [1.165, 1.54) is 31.0 Å². The van der Waals surface area contributed by atoms with E-state index in [9.17, 15) is 9.90 Å². The smallest absolute Gasteiger partial charge is 0.309 e. The predicted octanol–water partition coefficient (Wildman–Crippen LogP) is 5.20. The lowest BCUT2D eigenvalue weighted by Gasteiger charge is -2.46. The van der Waals surface area contributed by atoms with E-state index in [1.807, 2.05) is 0 Å². The number of benzene rings is 1. The van der Waals surface area contributed by atoms with Gasteiger partial charge < -0.3 is 5.11 Å². The molecule has 0 bridgehead atoms. The Balaban J connectivity index is 1.79. The van der Waals surface area contributed by atoms with Crippen molar-refractivity contribution in [2.45, 2.75) is 76.4 Å². The highest BCUT2D eigenvalue weighted by Crippen LogP contribution is 2.50. The predicted molar refractivity (Wildman–Crippen MR) is 102 cm³/mol. The molecule has 1 saturated carbocycles. The van der Waals surface area contributed by atoms with Gasteiger partial charge in [-0.3, -0.25) is 4.79 Å². The third kappa shape index (κ3) is 3.20. The summed E-state index contributed by atoms with van der Waals surface area (Å²) in [4.78, 5) is 12.1. The minimum atomic E-state index is -1.42. The highest BCUT2D eigenvalue weighted by atomic mass is 28.3. The fourth-order valence-corrected chi connectivity index (χ4v) is 10.9. The Morgan fingerprint density at radius 3 is 2.29 bits per heavy atom. The van der Waals surface area contributed by atoms with Gasteiger partial charge in [0.2, 0.25) is 0 Å². The summed E-state index contributed by atoms with van der Waals surface area (Å²) in [6.45, 7) is 2.31. The lowest BCUT2D eigenvalue weighted by Crippen LogP contribution is -2.52. The Kier molecular flexibility index (Phi) is 5.48. The summed E-state index contributed by atoms with van der Waals surface area (Å²) in [5, 5.41) is 11.6. The zero-order chi connectivity index (χ0) is 17.0.